The molecule has 0 atom stereocenters. The summed E-state index contributed by atoms with van der Waals surface area (Å²) < 4.78 is 0. The fraction of sp³-hybridized carbons (Fsp3) is 0.250. The van der Waals surface area contributed by atoms with Gasteiger partial charge in [-0.15, -0.1) is 5.06 Å². The average Bonchev–Trinajstić information content (AvgIpc) is 2.70. The monoisotopic (exact) mass is 249 g/mol. The van der Waals surface area contributed by atoms with Crippen molar-refractivity contribution in [2.75, 3.05) is 0 Å². The fourth-order valence-corrected chi connectivity index (χ4v) is 1.54. The number of amides is 2. The Hall–Kier alpha value is -2.21. The van der Waals surface area contributed by atoms with Gasteiger partial charge in [-0.2, -0.15) is 0 Å². The Kier molecular flexibility index (Phi) is 3.38. The molecule has 1 aromatic carbocycles. The molecule has 0 spiro atoms. The van der Waals surface area contributed by atoms with Crippen LogP contribution in [0.25, 0.3) is 0 Å². The third-order valence-corrected chi connectivity index (χ3v) is 2.55. The molecule has 94 valence electrons. The van der Waals surface area contributed by atoms with Gasteiger partial charge in [0.05, 0.1) is 12.2 Å². The van der Waals surface area contributed by atoms with Gasteiger partial charge < -0.3 is 9.94 Å². The van der Waals surface area contributed by atoms with E-state index >= 15 is 0 Å². The fourth-order valence-electron chi connectivity index (χ4n) is 1.54. The summed E-state index contributed by atoms with van der Waals surface area (Å²) in [5, 5.41) is 9.35. The van der Waals surface area contributed by atoms with Crippen molar-refractivity contribution >= 4 is 17.8 Å². The van der Waals surface area contributed by atoms with Crippen molar-refractivity contribution < 1.29 is 24.3 Å². The van der Waals surface area contributed by atoms with Gasteiger partial charge >= 0.3 is 5.97 Å². The second-order valence-corrected chi connectivity index (χ2v) is 3.82. The first kappa shape index (κ1) is 12.3. The van der Waals surface area contributed by atoms with Gasteiger partial charge in [0.2, 0.25) is 0 Å². The summed E-state index contributed by atoms with van der Waals surface area (Å²) in [4.78, 5) is 38.9. The van der Waals surface area contributed by atoms with E-state index in [1.807, 2.05) is 0 Å². The zero-order valence-electron chi connectivity index (χ0n) is 9.46. The Morgan fingerprint density at radius 1 is 1.17 bits per heavy atom. The van der Waals surface area contributed by atoms with Gasteiger partial charge in [0, 0.05) is 12.8 Å². The van der Waals surface area contributed by atoms with E-state index in [1.165, 1.54) is 12.1 Å². The zero-order chi connectivity index (χ0) is 13.1. The normalized spacial score (nSPS) is 15.1. The highest BCUT2D eigenvalue weighted by atomic mass is 16.7. The Balaban J connectivity index is 2.07. The van der Waals surface area contributed by atoms with E-state index in [0.717, 1.165) is 0 Å². The summed E-state index contributed by atoms with van der Waals surface area (Å²) in [5.74, 6) is -1.80. The molecule has 1 aliphatic heterocycles. The lowest BCUT2D eigenvalue weighted by molar-refractivity contribution is -0.172. The maximum atomic E-state index is 11.7. The smallest absolute Gasteiger partial charge is 0.363 e. The van der Waals surface area contributed by atoms with Gasteiger partial charge in [-0.1, -0.05) is 12.1 Å². The maximum absolute atomic E-state index is 11.7. The minimum Gasteiger partial charge on any atom is -0.392 e. The van der Waals surface area contributed by atoms with E-state index in [9.17, 15) is 14.4 Å². The van der Waals surface area contributed by atoms with E-state index in [0.29, 0.717) is 10.6 Å². The number of hydroxylamine groups is 2. The first-order valence-electron chi connectivity index (χ1n) is 5.39. The number of aliphatic hydroxyl groups excluding tert-OH is 1. The second kappa shape index (κ2) is 4.97. The van der Waals surface area contributed by atoms with Crippen LogP contribution in [0.1, 0.15) is 28.8 Å². The average molecular weight is 249 g/mol. The molecule has 1 aromatic rings. The molecule has 1 fully saturated rings. The summed E-state index contributed by atoms with van der Waals surface area (Å²) in [6, 6.07) is 6.03. The standard InChI is InChI=1S/C12H11NO5/c14-7-8-1-3-9(4-2-8)12(17)18-13-10(15)5-6-11(13)16/h1-4,14H,5-7H2. The van der Waals surface area contributed by atoms with Crippen LogP contribution in [0, 0.1) is 0 Å². The van der Waals surface area contributed by atoms with Gasteiger partial charge in [0.1, 0.15) is 0 Å². The predicted octanol–water partition coefficient (Wildman–Crippen LogP) is 0.400. The molecule has 1 saturated heterocycles. The minimum atomic E-state index is -0.775. The van der Waals surface area contributed by atoms with E-state index in [1.54, 1.807) is 12.1 Å². The van der Waals surface area contributed by atoms with Crippen LogP contribution in [-0.2, 0) is 21.0 Å². The number of hydrogen-bond donors (Lipinski definition) is 1. The van der Waals surface area contributed by atoms with Crippen LogP contribution in [0.5, 0.6) is 0 Å². The van der Waals surface area contributed by atoms with Crippen molar-refractivity contribution in [1.29, 1.82) is 0 Å². The van der Waals surface area contributed by atoms with Crippen LogP contribution in [-0.4, -0.2) is 28.0 Å². The lowest BCUT2D eigenvalue weighted by Gasteiger charge is -2.12. The quantitative estimate of drug-likeness (QED) is 0.784. The minimum absolute atomic E-state index is 0.0650. The molecule has 0 bridgehead atoms. The lowest BCUT2D eigenvalue weighted by Crippen LogP contribution is -2.32. The topological polar surface area (TPSA) is 83.9 Å². The van der Waals surface area contributed by atoms with Gasteiger partial charge in [-0.25, -0.2) is 4.79 Å². The van der Waals surface area contributed by atoms with Crippen molar-refractivity contribution in [3.8, 4) is 0 Å². The molecule has 2 amide bonds. The molecule has 6 nitrogen and oxygen atoms in total. The largest absolute Gasteiger partial charge is 0.392 e. The Bertz CT molecular complexity index is 478. The molecule has 0 radical (unpaired) electrons. The number of aliphatic hydroxyl groups is 1. The summed E-state index contributed by atoms with van der Waals surface area (Å²) in [5.41, 5.74) is 0.861. The number of carbonyl (C=O) groups excluding carboxylic acids is 3. The summed E-state index contributed by atoms with van der Waals surface area (Å²) in [7, 11) is 0. The second-order valence-electron chi connectivity index (χ2n) is 3.82. The van der Waals surface area contributed by atoms with Crippen molar-refractivity contribution in [2.24, 2.45) is 0 Å². The Morgan fingerprint density at radius 2 is 1.72 bits per heavy atom. The number of benzene rings is 1. The van der Waals surface area contributed by atoms with Crippen LogP contribution in [0.4, 0.5) is 0 Å². The van der Waals surface area contributed by atoms with E-state index < -0.39 is 17.8 Å². The third-order valence-electron chi connectivity index (χ3n) is 2.55. The molecule has 2 rings (SSSR count). The highest BCUT2D eigenvalue weighted by molar-refractivity contribution is 6.02. The maximum Gasteiger partial charge on any atom is 0.363 e. The summed E-state index contributed by atoms with van der Waals surface area (Å²) >= 11 is 0. The van der Waals surface area contributed by atoms with Crippen LogP contribution >= 0.6 is 0 Å². The first-order chi connectivity index (χ1) is 8.61. The molecule has 6 heteroatoms. The first-order valence-corrected chi connectivity index (χ1v) is 5.39. The van der Waals surface area contributed by atoms with Gasteiger partial charge in [-0.05, 0) is 17.7 Å². The van der Waals surface area contributed by atoms with Gasteiger partial charge in [0.25, 0.3) is 11.8 Å². The van der Waals surface area contributed by atoms with Crippen LogP contribution in [0.3, 0.4) is 0 Å². The predicted molar refractivity (Wildman–Crippen MR) is 58.9 cm³/mol. The molecule has 0 unspecified atom stereocenters. The van der Waals surface area contributed by atoms with Crippen LogP contribution in [0.15, 0.2) is 24.3 Å². The lowest BCUT2D eigenvalue weighted by atomic mass is 10.1. The molecule has 18 heavy (non-hydrogen) atoms. The molecule has 1 aliphatic rings. The van der Waals surface area contributed by atoms with E-state index in [4.69, 9.17) is 9.94 Å². The number of imide groups is 1. The highest BCUT2D eigenvalue weighted by Crippen LogP contribution is 2.14. The number of rotatable bonds is 3. The molecular formula is C12H11NO5. The molecule has 1 heterocycles. The number of nitrogens with zero attached hydrogens (tertiary/aromatic N) is 1. The van der Waals surface area contributed by atoms with E-state index in [2.05, 4.69) is 0 Å². The number of carbonyl (C=O) groups is 3. The highest BCUT2D eigenvalue weighted by Gasteiger charge is 2.33. The van der Waals surface area contributed by atoms with Crippen molar-refractivity contribution in [2.45, 2.75) is 19.4 Å². The summed E-state index contributed by atoms with van der Waals surface area (Å²) in [6.07, 6.45) is 0.130. The Morgan fingerprint density at radius 3 is 2.22 bits per heavy atom. The van der Waals surface area contributed by atoms with E-state index in [-0.39, 0.29) is 25.0 Å². The van der Waals surface area contributed by atoms with Gasteiger partial charge in [0.15, 0.2) is 0 Å². The molecule has 1 N–H and O–H groups in total. The SMILES string of the molecule is O=C(ON1C(=O)CCC1=O)c1ccc(CO)cc1. The number of hydrogen-bond acceptors (Lipinski definition) is 5. The van der Waals surface area contributed by atoms with Crippen LogP contribution < -0.4 is 0 Å². The Labute approximate surface area is 103 Å². The van der Waals surface area contributed by atoms with Crippen molar-refractivity contribution in [3.63, 3.8) is 0 Å². The molecule has 0 aliphatic carbocycles. The summed E-state index contributed by atoms with van der Waals surface area (Å²) in [6.45, 7) is -0.127. The van der Waals surface area contributed by atoms with Crippen molar-refractivity contribution in [3.05, 3.63) is 35.4 Å². The van der Waals surface area contributed by atoms with Gasteiger partial charge in [-0.3, -0.25) is 9.59 Å². The molecule has 0 aromatic heterocycles. The van der Waals surface area contributed by atoms with Crippen LogP contribution in [0.2, 0.25) is 0 Å². The van der Waals surface area contributed by atoms with Crippen molar-refractivity contribution in [1.82, 2.24) is 5.06 Å². The third kappa shape index (κ3) is 2.38. The molecular weight excluding hydrogens is 238 g/mol. The zero-order valence-corrected chi connectivity index (χ0v) is 9.46. The molecule has 0 saturated carbocycles.